The van der Waals surface area contributed by atoms with Gasteiger partial charge in [-0.1, -0.05) is 0 Å². The Morgan fingerprint density at radius 3 is 2.82 bits per heavy atom. The zero-order valence-corrected chi connectivity index (χ0v) is 11.7. The topological polar surface area (TPSA) is 62.4 Å². The van der Waals surface area contributed by atoms with Gasteiger partial charge in [0.2, 0.25) is 0 Å². The summed E-state index contributed by atoms with van der Waals surface area (Å²) in [4.78, 5) is 6.48. The van der Waals surface area contributed by atoms with Crippen molar-refractivity contribution in [2.75, 3.05) is 24.2 Å². The number of aromatic nitrogens is 1. The molecule has 0 amide bonds. The second kappa shape index (κ2) is 4.82. The normalized spacial score (nSPS) is 23.3. The number of anilines is 2. The quantitative estimate of drug-likeness (QED) is 0.895. The lowest BCUT2D eigenvalue weighted by Crippen LogP contribution is -2.37. The van der Waals surface area contributed by atoms with E-state index in [1.54, 1.807) is 6.20 Å². The van der Waals surface area contributed by atoms with Gasteiger partial charge in [-0.05, 0) is 47.2 Å². The van der Waals surface area contributed by atoms with Crippen molar-refractivity contribution in [3.63, 3.8) is 0 Å². The second-order valence-electron chi connectivity index (χ2n) is 4.85. The van der Waals surface area contributed by atoms with Crippen LogP contribution in [0.15, 0.2) is 10.7 Å². The fourth-order valence-corrected chi connectivity index (χ4v) is 2.80. The predicted octanol–water partition coefficient (Wildman–Crippen LogP) is 1.94. The minimum absolute atomic E-state index is 0.0991. The Morgan fingerprint density at radius 2 is 2.24 bits per heavy atom. The number of nitrogens with zero attached hydrogens (tertiary/aromatic N) is 2. The van der Waals surface area contributed by atoms with Crippen LogP contribution in [-0.4, -0.2) is 29.8 Å². The second-order valence-corrected chi connectivity index (χ2v) is 5.64. The van der Waals surface area contributed by atoms with Gasteiger partial charge in [-0.3, -0.25) is 0 Å². The van der Waals surface area contributed by atoms with Gasteiger partial charge in [0.15, 0.2) is 0 Å². The lowest BCUT2D eigenvalue weighted by atomic mass is 9.82. The molecule has 1 heterocycles. The molecule has 0 aliphatic heterocycles. The average Bonchev–Trinajstić information content (AvgIpc) is 2.24. The van der Waals surface area contributed by atoms with E-state index < -0.39 is 0 Å². The highest BCUT2D eigenvalue weighted by molar-refractivity contribution is 9.10. The molecule has 0 spiro atoms. The summed E-state index contributed by atoms with van der Waals surface area (Å²) in [6.07, 6.45) is 3.39. The maximum absolute atomic E-state index is 9.28. The number of rotatable bonds is 3. The summed E-state index contributed by atoms with van der Waals surface area (Å²) < 4.78 is 0.958. The maximum atomic E-state index is 9.28. The molecule has 94 valence electrons. The molecule has 1 aliphatic rings. The Kier molecular flexibility index (Phi) is 3.58. The fourth-order valence-electron chi connectivity index (χ4n) is 2.17. The highest BCUT2D eigenvalue weighted by Crippen LogP contribution is 2.33. The van der Waals surface area contributed by atoms with Crippen molar-refractivity contribution in [2.24, 2.45) is 5.92 Å². The van der Waals surface area contributed by atoms with E-state index in [9.17, 15) is 5.11 Å². The zero-order valence-electron chi connectivity index (χ0n) is 10.2. The van der Waals surface area contributed by atoms with E-state index in [1.807, 2.05) is 14.0 Å². The van der Waals surface area contributed by atoms with Crippen LogP contribution >= 0.6 is 15.9 Å². The molecule has 0 unspecified atom stereocenters. The van der Waals surface area contributed by atoms with E-state index in [4.69, 9.17) is 5.73 Å². The molecule has 1 fully saturated rings. The molecule has 0 aromatic carbocycles. The molecule has 0 radical (unpaired) electrons. The minimum atomic E-state index is -0.0991. The van der Waals surface area contributed by atoms with Crippen molar-refractivity contribution < 1.29 is 5.11 Å². The van der Waals surface area contributed by atoms with Crippen LogP contribution in [0.1, 0.15) is 18.4 Å². The summed E-state index contributed by atoms with van der Waals surface area (Å²) >= 11 is 3.54. The summed E-state index contributed by atoms with van der Waals surface area (Å²) in [5.41, 5.74) is 7.53. The molecular formula is C12H18BrN3O. The largest absolute Gasteiger partial charge is 0.397 e. The van der Waals surface area contributed by atoms with E-state index in [-0.39, 0.29) is 6.10 Å². The zero-order chi connectivity index (χ0) is 12.6. The Balaban J connectivity index is 2.08. The predicted molar refractivity (Wildman–Crippen MR) is 73.1 cm³/mol. The first-order valence-electron chi connectivity index (χ1n) is 5.78. The third-order valence-electron chi connectivity index (χ3n) is 3.39. The van der Waals surface area contributed by atoms with Gasteiger partial charge >= 0.3 is 0 Å². The van der Waals surface area contributed by atoms with Gasteiger partial charge in [-0.25, -0.2) is 4.98 Å². The number of nitrogens with two attached hydrogens (primary N) is 1. The smallest absolute Gasteiger partial charge is 0.143 e. The van der Waals surface area contributed by atoms with Gasteiger partial charge in [0.25, 0.3) is 0 Å². The van der Waals surface area contributed by atoms with E-state index in [0.717, 1.165) is 35.2 Å². The molecule has 2 rings (SSSR count). The van der Waals surface area contributed by atoms with Gasteiger partial charge in [-0.2, -0.15) is 0 Å². The van der Waals surface area contributed by atoms with Crippen LogP contribution in [0.5, 0.6) is 0 Å². The summed E-state index contributed by atoms with van der Waals surface area (Å²) in [5, 5.41) is 9.28. The van der Waals surface area contributed by atoms with Gasteiger partial charge in [-0.15, -0.1) is 0 Å². The van der Waals surface area contributed by atoms with Crippen LogP contribution in [0, 0.1) is 12.8 Å². The van der Waals surface area contributed by atoms with Crippen molar-refractivity contribution >= 4 is 27.4 Å². The standard InChI is InChI=1S/C12H18BrN3O/c1-7-10(14)5-15-12(11(7)13)16(2)6-8-3-9(17)4-8/h5,8-9,17H,3-4,6,14H2,1-2H3. The minimum Gasteiger partial charge on any atom is -0.397 e. The third kappa shape index (κ3) is 2.55. The first-order chi connectivity index (χ1) is 7.99. The number of aliphatic hydroxyl groups excluding tert-OH is 1. The average molecular weight is 300 g/mol. The van der Waals surface area contributed by atoms with Crippen molar-refractivity contribution in [1.82, 2.24) is 4.98 Å². The monoisotopic (exact) mass is 299 g/mol. The Bertz CT molecular complexity index is 418. The van der Waals surface area contributed by atoms with E-state index in [0.29, 0.717) is 11.6 Å². The Hall–Kier alpha value is -0.810. The lowest BCUT2D eigenvalue weighted by molar-refractivity contribution is 0.0464. The van der Waals surface area contributed by atoms with Crippen molar-refractivity contribution in [3.05, 3.63) is 16.2 Å². The molecule has 5 heteroatoms. The van der Waals surface area contributed by atoms with Crippen molar-refractivity contribution in [1.29, 1.82) is 0 Å². The first kappa shape index (κ1) is 12.6. The molecule has 1 aliphatic carbocycles. The van der Waals surface area contributed by atoms with Gasteiger partial charge < -0.3 is 15.7 Å². The maximum Gasteiger partial charge on any atom is 0.143 e. The van der Waals surface area contributed by atoms with E-state index >= 15 is 0 Å². The molecule has 17 heavy (non-hydrogen) atoms. The number of pyridine rings is 1. The number of halogens is 1. The van der Waals surface area contributed by atoms with Gasteiger partial charge in [0.1, 0.15) is 5.82 Å². The molecule has 1 aromatic rings. The van der Waals surface area contributed by atoms with E-state index in [1.165, 1.54) is 0 Å². The van der Waals surface area contributed by atoms with Crippen LogP contribution < -0.4 is 10.6 Å². The number of nitrogen functional groups attached to an aromatic ring is 1. The molecule has 3 N–H and O–H groups in total. The summed E-state index contributed by atoms with van der Waals surface area (Å²) in [7, 11) is 2.02. The molecule has 1 saturated carbocycles. The molecule has 1 aromatic heterocycles. The van der Waals surface area contributed by atoms with Crippen molar-refractivity contribution in [3.8, 4) is 0 Å². The molecule has 0 atom stereocenters. The lowest BCUT2D eigenvalue weighted by Gasteiger charge is -2.35. The molecule has 0 bridgehead atoms. The van der Waals surface area contributed by atoms with E-state index in [2.05, 4.69) is 25.8 Å². The van der Waals surface area contributed by atoms with Crippen LogP contribution in [0.2, 0.25) is 0 Å². The molecule has 4 nitrogen and oxygen atoms in total. The summed E-state index contributed by atoms with van der Waals surface area (Å²) in [6.45, 7) is 2.90. The number of hydrogen-bond donors (Lipinski definition) is 2. The highest BCUT2D eigenvalue weighted by Gasteiger charge is 2.28. The van der Waals surface area contributed by atoms with Crippen LogP contribution in [-0.2, 0) is 0 Å². The summed E-state index contributed by atoms with van der Waals surface area (Å²) in [6, 6.07) is 0. The van der Waals surface area contributed by atoms with Crippen molar-refractivity contribution in [2.45, 2.75) is 25.9 Å². The molecular weight excluding hydrogens is 282 g/mol. The van der Waals surface area contributed by atoms with Crippen LogP contribution in [0.4, 0.5) is 11.5 Å². The fraction of sp³-hybridized carbons (Fsp3) is 0.583. The Morgan fingerprint density at radius 1 is 1.59 bits per heavy atom. The number of aliphatic hydroxyl groups is 1. The SMILES string of the molecule is Cc1c(N)cnc(N(C)CC2CC(O)C2)c1Br. The van der Waals surface area contributed by atoms with Gasteiger partial charge in [0, 0.05) is 13.6 Å². The number of hydrogen-bond acceptors (Lipinski definition) is 4. The highest BCUT2D eigenvalue weighted by atomic mass is 79.9. The third-order valence-corrected chi connectivity index (χ3v) is 4.34. The molecule has 0 saturated heterocycles. The van der Waals surface area contributed by atoms with Gasteiger partial charge in [0.05, 0.1) is 22.5 Å². The first-order valence-corrected chi connectivity index (χ1v) is 6.58. The Labute approximate surface area is 110 Å². The van der Waals surface area contributed by atoms with Crippen LogP contribution in [0.3, 0.4) is 0 Å². The summed E-state index contributed by atoms with van der Waals surface area (Å²) in [5.74, 6) is 1.49. The van der Waals surface area contributed by atoms with Crippen LogP contribution in [0.25, 0.3) is 0 Å².